The largest absolute Gasteiger partial charge is 0.354 e. The number of carbonyl (C=O) groups excluding carboxylic acids is 1. The normalized spacial score (nSPS) is 11.3. The molecule has 27 heavy (non-hydrogen) atoms. The number of benzene rings is 2. The fourth-order valence-electron chi connectivity index (χ4n) is 3.48. The Morgan fingerprint density at radius 2 is 1.74 bits per heavy atom. The monoisotopic (exact) mass is 359 g/mol. The molecule has 3 aromatic rings. The second-order valence-corrected chi connectivity index (χ2v) is 7.69. The third-order valence-electron chi connectivity index (χ3n) is 4.76. The molecule has 1 heterocycles. The van der Waals surface area contributed by atoms with Crippen molar-refractivity contribution in [3.05, 3.63) is 60.2 Å². The Hall–Kier alpha value is -3.06. The van der Waals surface area contributed by atoms with E-state index in [2.05, 4.69) is 29.3 Å². The lowest BCUT2D eigenvalue weighted by Crippen LogP contribution is -2.46. The number of carbonyl (C=O) groups is 1. The summed E-state index contributed by atoms with van der Waals surface area (Å²) in [5.41, 5.74) is 3.76. The molecule has 0 bridgehead atoms. The van der Waals surface area contributed by atoms with Crippen molar-refractivity contribution in [2.24, 2.45) is 0 Å². The average molecular weight is 359 g/mol. The standard InChI is InChI=1S/C23H25N3O/c1-23(2,3)26(15-9-14-24)21(27)16-19-18-12-7-8-13-20(18)25-22(19)17-10-5-4-6-11-17/h4-8,10-13,25H,9,15-16H2,1-3H3. The number of hydrogen-bond donors (Lipinski definition) is 1. The molecule has 1 N–H and O–H groups in total. The maximum absolute atomic E-state index is 13.2. The molecule has 0 aliphatic rings. The van der Waals surface area contributed by atoms with Crippen LogP contribution in [0.3, 0.4) is 0 Å². The summed E-state index contributed by atoms with van der Waals surface area (Å²) < 4.78 is 0. The van der Waals surface area contributed by atoms with Gasteiger partial charge in [0.25, 0.3) is 0 Å². The number of hydrogen-bond acceptors (Lipinski definition) is 2. The van der Waals surface area contributed by atoms with Gasteiger partial charge in [-0.05, 0) is 38.0 Å². The van der Waals surface area contributed by atoms with Crippen LogP contribution in [0.1, 0.15) is 32.8 Å². The first kappa shape index (κ1) is 18.7. The fraction of sp³-hybridized carbons (Fsp3) is 0.304. The molecule has 0 atom stereocenters. The predicted molar refractivity (Wildman–Crippen MR) is 109 cm³/mol. The van der Waals surface area contributed by atoms with Crippen molar-refractivity contribution in [2.45, 2.75) is 39.2 Å². The van der Waals surface area contributed by atoms with E-state index in [1.54, 1.807) is 0 Å². The van der Waals surface area contributed by atoms with E-state index in [4.69, 9.17) is 5.26 Å². The van der Waals surface area contributed by atoms with Crippen molar-refractivity contribution in [3.63, 3.8) is 0 Å². The van der Waals surface area contributed by atoms with Gasteiger partial charge >= 0.3 is 0 Å². The third kappa shape index (κ3) is 4.03. The summed E-state index contributed by atoms with van der Waals surface area (Å²) in [6.07, 6.45) is 0.638. The van der Waals surface area contributed by atoms with Crippen molar-refractivity contribution in [1.82, 2.24) is 9.88 Å². The molecule has 1 aromatic heterocycles. The number of nitrogens with zero attached hydrogens (tertiary/aromatic N) is 2. The SMILES string of the molecule is CC(C)(C)N(CCC#N)C(=O)Cc1c(-c2ccccc2)[nH]c2ccccc12. The molecule has 0 fully saturated rings. The molecule has 3 rings (SSSR count). The van der Waals surface area contributed by atoms with E-state index >= 15 is 0 Å². The Morgan fingerprint density at radius 3 is 2.41 bits per heavy atom. The van der Waals surface area contributed by atoms with Crippen LogP contribution in [0.4, 0.5) is 0 Å². The van der Waals surface area contributed by atoms with Crippen LogP contribution in [0.5, 0.6) is 0 Å². The first-order valence-electron chi connectivity index (χ1n) is 9.24. The van der Waals surface area contributed by atoms with Crippen LogP contribution in [0.15, 0.2) is 54.6 Å². The average Bonchev–Trinajstić information content (AvgIpc) is 3.00. The molecule has 0 saturated heterocycles. The highest BCUT2D eigenvalue weighted by Gasteiger charge is 2.27. The lowest BCUT2D eigenvalue weighted by Gasteiger charge is -2.35. The van der Waals surface area contributed by atoms with Gasteiger partial charge in [0.15, 0.2) is 0 Å². The minimum atomic E-state index is -0.326. The van der Waals surface area contributed by atoms with Crippen molar-refractivity contribution in [2.75, 3.05) is 6.54 Å². The van der Waals surface area contributed by atoms with E-state index in [-0.39, 0.29) is 11.4 Å². The number of aromatic nitrogens is 1. The molecule has 4 nitrogen and oxygen atoms in total. The van der Waals surface area contributed by atoms with Gasteiger partial charge in [-0.15, -0.1) is 0 Å². The van der Waals surface area contributed by atoms with Crippen molar-refractivity contribution >= 4 is 16.8 Å². The van der Waals surface area contributed by atoms with E-state index < -0.39 is 0 Å². The summed E-state index contributed by atoms with van der Waals surface area (Å²) in [7, 11) is 0. The molecule has 0 spiro atoms. The van der Waals surface area contributed by atoms with Crippen LogP contribution >= 0.6 is 0 Å². The van der Waals surface area contributed by atoms with E-state index in [1.165, 1.54) is 0 Å². The highest BCUT2D eigenvalue weighted by atomic mass is 16.2. The number of H-pyrrole nitrogens is 1. The van der Waals surface area contributed by atoms with Crippen molar-refractivity contribution in [1.29, 1.82) is 5.26 Å². The second kappa shape index (κ2) is 7.67. The molecule has 4 heteroatoms. The molecular weight excluding hydrogens is 334 g/mol. The molecular formula is C23H25N3O. The first-order chi connectivity index (χ1) is 12.9. The Kier molecular flexibility index (Phi) is 5.32. The zero-order chi connectivity index (χ0) is 19.4. The Bertz CT molecular complexity index is 974. The first-order valence-corrected chi connectivity index (χ1v) is 9.24. The number of fused-ring (bicyclic) bond motifs is 1. The predicted octanol–water partition coefficient (Wildman–Crippen LogP) is 4.92. The zero-order valence-electron chi connectivity index (χ0n) is 16.1. The van der Waals surface area contributed by atoms with Crippen molar-refractivity contribution < 1.29 is 4.79 Å². The van der Waals surface area contributed by atoms with E-state index in [1.807, 2.05) is 62.1 Å². The molecule has 2 aromatic carbocycles. The number of amides is 1. The number of nitrogens with one attached hydrogen (secondary N) is 1. The maximum Gasteiger partial charge on any atom is 0.227 e. The van der Waals surface area contributed by atoms with Crippen LogP contribution in [0.25, 0.3) is 22.2 Å². The lowest BCUT2D eigenvalue weighted by atomic mass is 9.99. The molecule has 0 aliphatic carbocycles. The number of rotatable bonds is 5. The Balaban J connectivity index is 2.03. The van der Waals surface area contributed by atoms with Gasteiger partial charge in [0.05, 0.1) is 24.6 Å². The van der Waals surface area contributed by atoms with Crippen LogP contribution < -0.4 is 0 Å². The van der Waals surface area contributed by atoms with Crippen LogP contribution in [-0.4, -0.2) is 27.9 Å². The van der Waals surface area contributed by atoms with E-state index in [9.17, 15) is 4.79 Å². The lowest BCUT2D eigenvalue weighted by molar-refractivity contribution is -0.135. The molecule has 0 saturated carbocycles. The summed E-state index contributed by atoms with van der Waals surface area (Å²) >= 11 is 0. The maximum atomic E-state index is 13.2. The van der Waals surface area contributed by atoms with Crippen LogP contribution in [-0.2, 0) is 11.2 Å². The zero-order valence-corrected chi connectivity index (χ0v) is 16.1. The fourth-order valence-corrected chi connectivity index (χ4v) is 3.48. The van der Waals surface area contributed by atoms with Crippen LogP contribution in [0.2, 0.25) is 0 Å². The topological polar surface area (TPSA) is 59.9 Å². The van der Waals surface area contributed by atoms with Crippen LogP contribution in [0, 0.1) is 11.3 Å². The van der Waals surface area contributed by atoms with E-state index in [0.717, 1.165) is 27.7 Å². The highest BCUT2D eigenvalue weighted by molar-refractivity contribution is 5.95. The van der Waals surface area contributed by atoms with Gasteiger partial charge in [-0.2, -0.15) is 5.26 Å². The summed E-state index contributed by atoms with van der Waals surface area (Å²) in [5, 5.41) is 10.0. The summed E-state index contributed by atoms with van der Waals surface area (Å²) in [6, 6.07) is 20.3. The summed E-state index contributed by atoms with van der Waals surface area (Å²) in [5.74, 6) is 0.0414. The number of para-hydroxylation sites is 1. The summed E-state index contributed by atoms with van der Waals surface area (Å²) in [6.45, 7) is 6.47. The molecule has 0 unspecified atom stereocenters. The quantitative estimate of drug-likeness (QED) is 0.703. The summed E-state index contributed by atoms with van der Waals surface area (Å²) in [4.78, 5) is 18.5. The van der Waals surface area contributed by atoms with Crippen molar-refractivity contribution in [3.8, 4) is 17.3 Å². The molecule has 138 valence electrons. The highest BCUT2D eigenvalue weighted by Crippen LogP contribution is 2.31. The number of nitriles is 1. The molecule has 0 aliphatic heterocycles. The van der Waals surface area contributed by atoms with Gasteiger partial charge in [0.2, 0.25) is 5.91 Å². The minimum absolute atomic E-state index is 0.0414. The number of aromatic amines is 1. The smallest absolute Gasteiger partial charge is 0.227 e. The molecule has 1 amide bonds. The minimum Gasteiger partial charge on any atom is -0.354 e. The third-order valence-corrected chi connectivity index (χ3v) is 4.76. The van der Waals surface area contributed by atoms with Gasteiger partial charge in [0.1, 0.15) is 0 Å². The second-order valence-electron chi connectivity index (χ2n) is 7.69. The van der Waals surface area contributed by atoms with Gasteiger partial charge in [0, 0.05) is 23.0 Å². The van der Waals surface area contributed by atoms with E-state index in [0.29, 0.717) is 19.4 Å². The Morgan fingerprint density at radius 1 is 1.07 bits per heavy atom. The van der Waals surface area contributed by atoms with Gasteiger partial charge in [-0.1, -0.05) is 48.5 Å². The van der Waals surface area contributed by atoms with Gasteiger partial charge in [-0.3, -0.25) is 4.79 Å². The van der Waals surface area contributed by atoms with Gasteiger partial charge in [-0.25, -0.2) is 0 Å². The molecule has 0 radical (unpaired) electrons. The van der Waals surface area contributed by atoms with Gasteiger partial charge < -0.3 is 9.88 Å². The Labute approximate surface area is 160 Å².